The van der Waals surface area contributed by atoms with E-state index in [4.69, 9.17) is 0 Å². The number of aryl methyl sites for hydroxylation is 1. The molecule has 1 aromatic carbocycles. The first-order valence-corrected chi connectivity index (χ1v) is 7.91. The SMILES string of the molecule is Cc1cccc(CN(C(=O)C2CC=CNC2)C2CC2)c1C. The van der Waals surface area contributed by atoms with Crippen molar-refractivity contribution in [2.75, 3.05) is 6.54 Å². The summed E-state index contributed by atoms with van der Waals surface area (Å²) >= 11 is 0. The Morgan fingerprint density at radius 3 is 2.81 bits per heavy atom. The van der Waals surface area contributed by atoms with Gasteiger partial charge in [0.25, 0.3) is 0 Å². The molecule has 3 heteroatoms. The zero-order chi connectivity index (χ0) is 14.8. The second-order valence-electron chi connectivity index (χ2n) is 6.30. The Morgan fingerprint density at radius 1 is 1.33 bits per heavy atom. The van der Waals surface area contributed by atoms with E-state index in [-0.39, 0.29) is 5.92 Å². The Kier molecular flexibility index (Phi) is 4.00. The first-order valence-electron chi connectivity index (χ1n) is 7.91. The highest BCUT2D eigenvalue weighted by Crippen LogP contribution is 2.31. The van der Waals surface area contributed by atoms with Crippen molar-refractivity contribution in [3.8, 4) is 0 Å². The lowest BCUT2D eigenvalue weighted by molar-refractivity contribution is -0.136. The summed E-state index contributed by atoms with van der Waals surface area (Å²) < 4.78 is 0. The van der Waals surface area contributed by atoms with E-state index in [1.165, 1.54) is 16.7 Å². The minimum atomic E-state index is 0.0979. The summed E-state index contributed by atoms with van der Waals surface area (Å²) in [7, 11) is 0. The molecule has 21 heavy (non-hydrogen) atoms. The van der Waals surface area contributed by atoms with Crippen molar-refractivity contribution in [2.24, 2.45) is 5.92 Å². The molecule has 1 heterocycles. The maximum Gasteiger partial charge on any atom is 0.228 e. The largest absolute Gasteiger partial charge is 0.390 e. The van der Waals surface area contributed by atoms with Crippen LogP contribution in [0.2, 0.25) is 0 Å². The fraction of sp³-hybridized carbons (Fsp3) is 0.500. The molecule has 0 spiro atoms. The van der Waals surface area contributed by atoms with Crippen LogP contribution in [0, 0.1) is 19.8 Å². The van der Waals surface area contributed by atoms with Crippen LogP contribution in [0.4, 0.5) is 0 Å². The van der Waals surface area contributed by atoms with Crippen molar-refractivity contribution >= 4 is 5.91 Å². The summed E-state index contributed by atoms with van der Waals surface area (Å²) in [6.07, 6.45) is 7.20. The second-order valence-corrected chi connectivity index (χ2v) is 6.30. The number of carbonyl (C=O) groups is 1. The van der Waals surface area contributed by atoms with Gasteiger partial charge in [0.05, 0.1) is 5.92 Å². The number of carbonyl (C=O) groups excluding carboxylic acids is 1. The molecule has 1 aliphatic carbocycles. The van der Waals surface area contributed by atoms with Crippen LogP contribution in [-0.4, -0.2) is 23.4 Å². The smallest absolute Gasteiger partial charge is 0.228 e. The van der Waals surface area contributed by atoms with Gasteiger partial charge in [0.15, 0.2) is 0 Å². The molecular weight excluding hydrogens is 260 g/mol. The molecule has 3 rings (SSSR count). The molecule has 3 nitrogen and oxygen atoms in total. The predicted octanol–water partition coefficient (Wildman–Crippen LogP) is 2.92. The minimum absolute atomic E-state index is 0.0979. The zero-order valence-electron chi connectivity index (χ0n) is 12.9. The molecule has 1 atom stereocenters. The van der Waals surface area contributed by atoms with E-state index in [0.29, 0.717) is 11.9 Å². The average Bonchev–Trinajstić information content (AvgIpc) is 3.34. The van der Waals surface area contributed by atoms with Crippen LogP contribution in [0.5, 0.6) is 0 Å². The predicted molar refractivity (Wildman–Crippen MR) is 84.7 cm³/mol. The normalized spacial score (nSPS) is 21.0. The molecule has 0 bridgehead atoms. The Morgan fingerprint density at radius 2 is 2.14 bits per heavy atom. The van der Waals surface area contributed by atoms with E-state index >= 15 is 0 Å². The third-order valence-electron chi connectivity index (χ3n) is 4.70. The molecule has 0 aromatic heterocycles. The molecule has 1 N–H and O–H groups in total. The number of allylic oxidation sites excluding steroid dienone is 1. The number of benzene rings is 1. The van der Waals surface area contributed by atoms with Gasteiger partial charge in [0.2, 0.25) is 5.91 Å². The third-order valence-corrected chi connectivity index (χ3v) is 4.70. The van der Waals surface area contributed by atoms with Gasteiger partial charge in [-0.05, 0) is 56.0 Å². The van der Waals surface area contributed by atoms with Gasteiger partial charge in [0.1, 0.15) is 0 Å². The van der Waals surface area contributed by atoms with Gasteiger partial charge in [0, 0.05) is 19.1 Å². The molecule has 1 aliphatic heterocycles. The molecular formula is C18H24N2O. The molecule has 0 saturated heterocycles. The first kappa shape index (κ1) is 14.2. The molecule has 1 amide bonds. The van der Waals surface area contributed by atoms with Crippen LogP contribution in [0.15, 0.2) is 30.5 Å². The fourth-order valence-electron chi connectivity index (χ4n) is 2.97. The molecule has 1 aromatic rings. The van der Waals surface area contributed by atoms with Crippen LogP contribution in [-0.2, 0) is 11.3 Å². The van der Waals surface area contributed by atoms with Gasteiger partial charge in [-0.2, -0.15) is 0 Å². The highest BCUT2D eigenvalue weighted by Gasteiger charge is 2.35. The van der Waals surface area contributed by atoms with E-state index in [0.717, 1.165) is 32.4 Å². The van der Waals surface area contributed by atoms with Gasteiger partial charge in [-0.25, -0.2) is 0 Å². The highest BCUT2D eigenvalue weighted by molar-refractivity contribution is 5.80. The first-order chi connectivity index (χ1) is 10.2. The van der Waals surface area contributed by atoms with Crippen molar-refractivity contribution in [3.63, 3.8) is 0 Å². The van der Waals surface area contributed by atoms with Gasteiger partial charge in [-0.3, -0.25) is 4.79 Å². The van der Waals surface area contributed by atoms with Gasteiger partial charge in [-0.15, -0.1) is 0 Å². The van der Waals surface area contributed by atoms with Crippen molar-refractivity contribution < 1.29 is 4.79 Å². The molecule has 1 unspecified atom stereocenters. The van der Waals surface area contributed by atoms with Gasteiger partial charge >= 0.3 is 0 Å². The van der Waals surface area contributed by atoms with Crippen molar-refractivity contribution in [3.05, 3.63) is 47.2 Å². The summed E-state index contributed by atoms with van der Waals surface area (Å²) in [6, 6.07) is 6.85. The zero-order valence-corrected chi connectivity index (χ0v) is 12.9. The maximum absolute atomic E-state index is 12.8. The summed E-state index contributed by atoms with van der Waals surface area (Å²) in [5.74, 6) is 0.413. The van der Waals surface area contributed by atoms with Gasteiger partial charge in [-0.1, -0.05) is 24.3 Å². The van der Waals surface area contributed by atoms with E-state index in [1.54, 1.807) is 0 Å². The number of nitrogens with one attached hydrogen (secondary N) is 1. The summed E-state index contributed by atoms with van der Waals surface area (Å²) in [5, 5.41) is 3.19. The number of hydrogen-bond acceptors (Lipinski definition) is 2. The number of amides is 1. The van der Waals surface area contributed by atoms with Crippen molar-refractivity contribution in [2.45, 2.75) is 45.7 Å². The molecule has 0 radical (unpaired) electrons. The monoisotopic (exact) mass is 284 g/mol. The summed E-state index contributed by atoms with van der Waals surface area (Å²) in [4.78, 5) is 15.0. The molecule has 2 aliphatic rings. The maximum atomic E-state index is 12.8. The number of hydrogen-bond donors (Lipinski definition) is 1. The Labute approximate surface area is 127 Å². The lowest BCUT2D eigenvalue weighted by atomic mass is 9.99. The van der Waals surface area contributed by atoms with E-state index in [2.05, 4.69) is 48.3 Å². The molecule has 1 saturated carbocycles. The highest BCUT2D eigenvalue weighted by atomic mass is 16.2. The average molecular weight is 284 g/mol. The number of rotatable bonds is 4. The Hall–Kier alpha value is -1.77. The van der Waals surface area contributed by atoms with Crippen LogP contribution in [0.1, 0.15) is 36.0 Å². The van der Waals surface area contributed by atoms with E-state index < -0.39 is 0 Å². The molecule has 1 fully saturated rings. The fourth-order valence-corrected chi connectivity index (χ4v) is 2.97. The van der Waals surface area contributed by atoms with E-state index in [1.807, 2.05) is 6.20 Å². The lowest BCUT2D eigenvalue weighted by Crippen LogP contribution is -2.41. The number of nitrogens with zero attached hydrogens (tertiary/aromatic N) is 1. The Bertz CT molecular complexity index is 560. The minimum Gasteiger partial charge on any atom is -0.390 e. The van der Waals surface area contributed by atoms with Crippen molar-refractivity contribution in [1.29, 1.82) is 0 Å². The van der Waals surface area contributed by atoms with E-state index in [9.17, 15) is 4.79 Å². The third kappa shape index (κ3) is 3.12. The second kappa shape index (κ2) is 5.92. The van der Waals surface area contributed by atoms with Crippen LogP contribution >= 0.6 is 0 Å². The quantitative estimate of drug-likeness (QED) is 0.922. The van der Waals surface area contributed by atoms with Crippen LogP contribution < -0.4 is 5.32 Å². The lowest BCUT2D eigenvalue weighted by Gasteiger charge is -2.29. The van der Waals surface area contributed by atoms with Crippen molar-refractivity contribution in [1.82, 2.24) is 10.2 Å². The standard InChI is InChI=1S/C18H24N2O/c1-13-5-3-6-16(14(13)2)12-20(17-8-9-17)18(21)15-7-4-10-19-11-15/h3-6,10,15,17,19H,7-9,11-12H2,1-2H3. The van der Waals surface area contributed by atoms with Crippen LogP contribution in [0.3, 0.4) is 0 Å². The molecule has 112 valence electrons. The summed E-state index contributed by atoms with van der Waals surface area (Å²) in [5.41, 5.74) is 3.91. The van der Waals surface area contributed by atoms with Gasteiger partial charge < -0.3 is 10.2 Å². The topological polar surface area (TPSA) is 32.3 Å². The Balaban J connectivity index is 1.77. The van der Waals surface area contributed by atoms with Crippen LogP contribution in [0.25, 0.3) is 0 Å². The summed E-state index contributed by atoms with van der Waals surface area (Å²) in [6.45, 7) is 5.83.